The minimum Gasteiger partial charge on any atom is -0.306 e. The van der Waals surface area contributed by atoms with E-state index in [9.17, 15) is 0 Å². The van der Waals surface area contributed by atoms with Crippen molar-refractivity contribution < 1.29 is 0 Å². The number of hydrogen-bond donors (Lipinski definition) is 1. The van der Waals surface area contributed by atoms with Crippen LogP contribution in [0.4, 0.5) is 0 Å². The van der Waals surface area contributed by atoms with E-state index in [0.29, 0.717) is 0 Å². The maximum atomic E-state index is 6.19. The molecule has 0 saturated heterocycles. The van der Waals surface area contributed by atoms with Crippen LogP contribution in [0.25, 0.3) is 10.2 Å². The highest BCUT2D eigenvalue weighted by Crippen LogP contribution is 2.23. The van der Waals surface area contributed by atoms with Crippen LogP contribution in [0.1, 0.15) is 10.6 Å². The summed E-state index contributed by atoms with van der Waals surface area (Å²) < 4.78 is 2.23. The third-order valence-corrected chi connectivity index (χ3v) is 4.83. The zero-order valence-corrected chi connectivity index (χ0v) is 13.7. The number of fused-ring (bicyclic) bond motifs is 1. The maximum Gasteiger partial charge on any atom is 0.108 e. The first-order valence-corrected chi connectivity index (χ1v) is 8.20. The monoisotopic (exact) mass is 366 g/mol. The van der Waals surface area contributed by atoms with E-state index in [4.69, 9.17) is 11.6 Å². The minimum absolute atomic E-state index is 0.738. The predicted octanol–water partition coefficient (Wildman–Crippen LogP) is 5.00. The third kappa shape index (κ3) is 3.20. The van der Waals surface area contributed by atoms with Crippen LogP contribution in [0.5, 0.6) is 0 Å². The molecule has 0 unspecified atom stereocenters. The molecule has 0 atom stereocenters. The van der Waals surface area contributed by atoms with Crippen LogP contribution in [0, 0.1) is 0 Å². The van der Waals surface area contributed by atoms with E-state index in [0.717, 1.165) is 38.7 Å². The van der Waals surface area contributed by atoms with Crippen molar-refractivity contribution in [3.8, 4) is 0 Å². The van der Waals surface area contributed by atoms with Gasteiger partial charge in [0.15, 0.2) is 0 Å². The van der Waals surface area contributed by atoms with Crippen LogP contribution in [-0.4, -0.2) is 4.98 Å². The van der Waals surface area contributed by atoms with Crippen molar-refractivity contribution in [3.05, 3.63) is 62.5 Å². The van der Waals surface area contributed by atoms with Gasteiger partial charge >= 0.3 is 0 Å². The molecular weight excluding hydrogens is 356 g/mol. The fourth-order valence-corrected chi connectivity index (χ4v) is 3.64. The van der Waals surface area contributed by atoms with Crippen molar-refractivity contribution in [1.82, 2.24) is 10.3 Å². The number of thiazole rings is 1. The lowest BCUT2D eigenvalue weighted by atomic mass is 10.2. The van der Waals surface area contributed by atoms with Gasteiger partial charge in [-0.15, -0.1) is 11.3 Å². The molecule has 2 aromatic carbocycles. The molecule has 0 bridgehead atoms. The second kappa shape index (κ2) is 6.22. The van der Waals surface area contributed by atoms with Gasteiger partial charge in [-0.05, 0) is 29.8 Å². The lowest BCUT2D eigenvalue weighted by molar-refractivity contribution is 0.691. The summed E-state index contributed by atoms with van der Waals surface area (Å²) in [6.07, 6.45) is 0. The number of para-hydroxylation sites is 1. The van der Waals surface area contributed by atoms with E-state index < -0.39 is 0 Å². The van der Waals surface area contributed by atoms with Crippen molar-refractivity contribution in [3.63, 3.8) is 0 Å². The Morgan fingerprint density at radius 2 is 2.00 bits per heavy atom. The summed E-state index contributed by atoms with van der Waals surface area (Å²) in [6.45, 7) is 1.49. The zero-order chi connectivity index (χ0) is 13.9. The molecule has 1 aromatic heterocycles. The van der Waals surface area contributed by atoms with Crippen molar-refractivity contribution in [2.24, 2.45) is 0 Å². The topological polar surface area (TPSA) is 24.9 Å². The van der Waals surface area contributed by atoms with E-state index in [-0.39, 0.29) is 0 Å². The Labute approximate surface area is 134 Å². The van der Waals surface area contributed by atoms with Gasteiger partial charge in [-0.25, -0.2) is 4.98 Å². The van der Waals surface area contributed by atoms with Crippen molar-refractivity contribution >= 4 is 49.1 Å². The van der Waals surface area contributed by atoms with Crippen LogP contribution in [0.2, 0.25) is 5.02 Å². The molecule has 1 heterocycles. The van der Waals surface area contributed by atoms with Crippen LogP contribution in [-0.2, 0) is 13.1 Å². The van der Waals surface area contributed by atoms with Gasteiger partial charge in [0, 0.05) is 22.6 Å². The average molecular weight is 368 g/mol. The number of rotatable bonds is 4. The van der Waals surface area contributed by atoms with Gasteiger partial charge in [0.1, 0.15) is 5.01 Å². The van der Waals surface area contributed by atoms with Crippen LogP contribution >= 0.6 is 38.9 Å². The summed E-state index contributed by atoms with van der Waals surface area (Å²) in [5, 5.41) is 5.26. The average Bonchev–Trinajstić information content (AvgIpc) is 2.84. The molecule has 0 fully saturated rings. The summed E-state index contributed by atoms with van der Waals surface area (Å²) >= 11 is 11.3. The fourth-order valence-electron chi connectivity index (χ4n) is 1.96. The van der Waals surface area contributed by atoms with E-state index in [2.05, 4.69) is 32.3 Å². The molecule has 3 rings (SSSR count). The molecule has 1 N–H and O–H groups in total. The van der Waals surface area contributed by atoms with Crippen LogP contribution in [0.15, 0.2) is 46.9 Å². The Morgan fingerprint density at radius 3 is 2.80 bits per heavy atom. The lowest BCUT2D eigenvalue weighted by Gasteiger charge is -2.05. The van der Waals surface area contributed by atoms with Gasteiger partial charge in [0.25, 0.3) is 0 Å². The molecule has 0 radical (unpaired) electrons. The highest BCUT2D eigenvalue weighted by atomic mass is 79.9. The Balaban J connectivity index is 1.64. The minimum atomic E-state index is 0.738. The molecular formula is C15H12BrClN2S. The molecule has 5 heteroatoms. The molecule has 0 aliphatic rings. The van der Waals surface area contributed by atoms with Gasteiger partial charge < -0.3 is 5.32 Å². The molecule has 0 aliphatic carbocycles. The molecule has 0 spiro atoms. The Bertz CT molecular complexity index is 709. The van der Waals surface area contributed by atoms with E-state index in [1.54, 1.807) is 11.3 Å². The number of halogens is 2. The molecule has 0 aliphatic heterocycles. The van der Waals surface area contributed by atoms with Crippen molar-refractivity contribution in [2.75, 3.05) is 0 Å². The summed E-state index contributed by atoms with van der Waals surface area (Å²) in [5.41, 5.74) is 2.16. The number of aromatic nitrogens is 1. The first-order chi connectivity index (χ1) is 9.72. The molecule has 102 valence electrons. The molecule has 20 heavy (non-hydrogen) atoms. The summed E-state index contributed by atoms with van der Waals surface area (Å²) in [7, 11) is 0. The smallest absolute Gasteiger partial charge is 0.108 e. The third-order valence-electron chi connectivity index (χ3n) is 2.94. The van der Waals surface area contributed by atoms with Gasteiger partial charge in [-0.3, -0.25) is 0 Å². The number of nitrogens with one attached hydrogen (secondary N) is 1. The lowest BCUT2D eigenvalue weighted by Crippen LogP contribution is -2.12. The normalized spacial score (nSPS) is 11.1. The highest BCUT2D eigenvalue weighted by molar-refractivity contribution is 9.10. The quantitative estimate of drug-likeness (QED) is 0.701. The van der Waals surface area contributed by atoms with Gasteiger partial charge in [0.2, 0.25) is 0 Å². The van der Waals surface area contributed by atoms with Gasteiger partial charge in [-0.2, -0.15) is 0 Å². The molecule has 3 aromatic rings. The van der Waals surface area contributed by atoms with E-state index in [1.807, 2.05) is 36.4 Å². The fraction of sp³-hybridized carbons (Fsp3) is 0.133. The second-order valence-electron chi connectivity index (χ2n) is 4.41. The maximum absolute atomic E-state index is 6.19. The molecule has 2 nitrogen and oxygen atoms in total. The number of benzene rings is 2. The Morgan fingerprint density at radius 1 is 1.15 bits per heavy atom. The molecule has 0 amide bonds. The first kappa shape index (κ1) is 14.0. The van der Waals surface area contributed by atoms with E-state index >= 15 is 0 Å². The van der Waals surface area contributed by atoms with Crippen LogP contribution < -0.4 is 5.32 Å². The highest BCUT2D eigenvalue weighted by Gasteiger charge is 2.04. The number of hydrogen-bond acceptors (Lipinski definition) is 3. The zero-order valence-electron chi connectivity index (χ0n) is 10.6. The Hall–Kier alpha value is -0.940. The molecule has 0 saturated carbocycles. The SMILES string of the molecule is Clc1cc(Br)ccc1CNCc1nc2ccccc2s1. The first-order valence-electron chi connectivity index (χ1n) is 6.21. The van der Waals surface area contributed by atoms with Crippen molar-refractivity contribution in [2.45, 2.75) is 13.1 Å². The van der Waals surface area contributed by atoms with Crippen LogP contribution in [0.3, 0.4) is 0 Å². The Kier molecular flexibility index (Phi) is 4.36. The standard InChI is InChI=1S/C15H12BrClN2S/c16-11-6-5-10(12(17)7-11)8-18-9-15-19-13-3-1-2-4-14(13)20-15/h1-7,18H,8-9H2. The van der Waals surface area contributed by atoms with E-state index in [1.165, 1.54) is 4.70 Å². The largest absolute Gasteiger partial charge is 0.306 e. The predicted molar refractivity (Wildman–Crippen MR) is 89.3 cm³/mol. The summed E-state index contributed by atoms with van der Waals surface area (Å²) in [5.74, 6) is 0. The van der Waals surface area contributed by atoms with Gasteiger partial charge in [-0.1, -0.05) is 45.7 Å². The van der Waals surface area contributed by atoms with Crippen molar-refractivity contribution in [1.29, 1.82) is 0 Å². The number of nitrogens with zero attached hydrogens (tertiary/aromatic N) is 1. The summed E-state index contributed by atoms with van der Waals surface area (Å²) in [6, 6.07) is 14.1. The van der Waals surface area contributed by atoms with Gasteiger partial charge in [0.05, 0.1) is 10.2 Å². The second-order valence-corrected chi connectivity index (χ2v) is 6.85. The summed E-state index contributed by atoms with van der Waals surface area (Å²) in [4.78, 5) is 4.60.